The highest BCUT2D eigenvalue weighted by atomic mass is 16.5. The Morgan fingerprint density at radius 2 is 2.35 bits per heavy atom. The van der Waals surface area contributed by atoms with E-state index in [4.69, 9.17) is 9.72 Å². The molecular weight excluding hydrogens is 330 g/mol. The molecule has 0 bridgehead atoms. The number of nitrogens with zero attached hydrogens (tertiary/aromatic N) is 4. The summed E-state index contributed by atoms with van der Waals surface area (Å²) in [6.07, 6.45) is 6.52. The second kappa shape index (κ2) is 7.37. The molecule has 2 aromatic heterocycles. The van der Waals surface area contributed by atoms with E-state index in [1.807, 2.05) is 18.0 Å². The Kier molecular flexibility index (Phi) is 4.79. The molecule has 4 rings (SSSR count). The Bertz CT molecular complexity index is 804. The van der Waals surface area contributed by atoms with Crippen LogP contribution in [0.25, 0.3) is 0 Å². The molecule has 0 radical (unpaired) electrons. The van der Waals surface area contributed by atoms with E-state index in [1.54, 1.807) is 18.3 Å². The van der Waals surface area contributed by atoms with E-state index in [0.29, 0.717) is 31.1 Å². The van der Waals surface area contributed by atoms with Gasteiger partial charge >= 0.3 is 0 Å². The van der Waals surface area contributed by atoms with Gasteiger partial charge in [-0.15, -0.1) is 0 Å². The predicted molar refractivity (Wildman–Crippen MR) is 95.9 cm³/mol. The second-order valence-corrected chi connectivity index (χ2v) is 6.61. The van der Waals surface area contributed by atoms with Gasteiger partial charge in [-0.2, -0.15) is 0 Å². The third-order valence-corrected chi connectivity index (χ3v) is 4.89. The standard InChI is InChI=1S/C19H23N5O2/c1-2-26-18-14(5-3-9-21-18)19(25)24-10-7-15-13(12-24)11-22-17(23-15)16-6-4-8-20-16/h3,5,9,11,16,20H,2,4,6-8,10,12H2,1H3/t16-/m0/s1. The van der Waals surface area contributed by atoms with Crippen LogP contribution in [0.4, 0.5) is 0 Å². The normalized spacial score (nSPS) is 19.3. The summed E-state index contributed by atoms with van der Waals surface area (Å²) in [4.78, 5) is 28.2. The van der Waals surface area contributed by atoms with Gasteiger partial charge in [-0.25, -0.2) is 15.0 Å². The number of pyridine rings is 1. The molecule has 0 aromatic carbocycles. The van der Waals surface area contributed by atoms with Crippen molar-refractivity contribution in [1.82, 2.24) is 25.2 Å². The summed E-state index contributed by atoms with van der Waals surface area (Å²) in [6, 6.07) is 3.79. The van der Waals surface area contributed by atoms with Crippen molar-refractivity contribution in [2.75, 3.05) is 19.7 Å². The van der Waals surface area contributed by atoms with Crippen molar-refractivity contribution >= 4 is 5.91 Å². The molecule has 2 aromatic rings. The van der Waals surface area contributed by atoms with E-state index in [2.05, 4.69) is 15.3 Å². The largest absolute Gasteiger partial charge is 0.477 e. The number of carbonyl (C=O) groups is 1. The lowest BCUT2D eigenvalue weighted by Crippen LogP contribution is -2.37. The number of fused-ring (bicyclic) bond motifs is 1. The van der Waals surface area contributed by atoms with Crippen molar-refractivity contribution < 1.29 is 9.53 Å². The van der Waals surface area contributed by atoms with Gasteiger partial charge in [0.05, 0.1) is 18.3 Å². The molecule has 1 saturated heterocycles. The molecule has 1 atom stereocenters. The Hall–Kier alpha value is -2.54. The van der Waals surface area contributed by atoms with Crippen LogP contribution in [-0.2, 0) is 13.0 Å². The molecule has 26 heavy (non-hydrogen) atoms. The molecule has 0 spiro atoms. The van der Waals surface area contributed by atoms with Gasteiger partial charge in [0.15, 0.2) is 0 Å². The van der Waals surface area contributed by atoms with Crippen LogP contribution < -0.4 is 10.1 Å². The third kappa shape index (κ3) is 3.26. The summed E-state index contributed by atoms with van der Waals surface area (Å²) in [6.45, 7) is 4.55. The predicted octanol–water partition coefficient (Wildman–Crippen LogP) is 1.89. The lowest BCUT2D eigenvalue weighted by molar-refractivity contribution is 0.0728. The molecule has 0 aliphatic carbocycles. The van der Waals surface area contributed by atoms with Gasteiger partial charge in [0.25, 0.3) is 5.91 Å². The minimum atomic E-state index is -0.0614. The van der Waals surface area contributed by atoms with E-state index in [9.17, 15) is 4.79 Å². The fourth-order valence-corrected chi connectivity index (χ4v) is 3.55. The topological polar surface area (TPSA) is 80.2 Å². The number of nitrogens with one attached hydrogen (secondary N) is 1. The van der Waals surface area contributed by atoms with Gasteiger partial charge in [-0.3, -0.25) is 4.79 Å². The molecule has 0 saturated carbocycles. The summed E-state index contributed by atoms with van der Waals surface area (Å²) in [7, 11) is 0. The SMILES string of the molecule is CCOc1ncccc1C(=O)N1CCc2nc([C@@H]3CCCN3)ncc2C1. The minimum absolute atomic E-state index is 0.0614. The molecule has 1 amide bonds. The van der Waals surface area contributed by atoms with E-state index < -0.39 is 0 Å². The van der Waals surface area contributed by atoms with Crippen LogP contribution >= 0.6 is 0 Å². The second-order valence-electron chi connectivity index (χ2n) is 6.61. The van der Waals surface area contributed by atoms with E-state index in [1.165, 1.54) is 6.42 Å². The van der Waals surface area contributed by atoms with E-state index in [0.717, 1.165) is 36.5 Å². The van der Waals surface area contributed by atoms with Gasteiger partial charge in [-0.05, 0) is 38.4 Å². The molecule has 1 N–H and O–H groups in total. The summed E-state index contributed by atoms with van der Waals surface area (Å²) < 4.78 is 5.50. The summed E-state index contributed by atoms with van der Waals surface area (Å²) >= 11 is 0. The Balaban J connectivity index is 1.52. The number of aromatic nitrogens is 3. The van der Waals surface area contributed by atoms with E-state index >= 15 is 0 Å². The summed E-state index contributed by atoms with van der Waals surface area (Å²) in [5.74, 6) is 1.21. The Labute approximate surface area is 152 Å². The first-order chi connectivity index (χ1) is 12.8. The Morgan fingerprint density at radius 3 is 3.15 bits per heavy atom. The maximum absolute atomic E-state index is 12.9. The molecule has 1 fully saturated rings. The van der Waals surface area contributed by atoms with Crippen molar-refractivity contribution in [3.63, 3.8) is 0 Å². The van der Waals surface area contributed by atoms with Gasteiger partial charge in [0, 0.05) is 37.5 Å². The first-order valence-corrected chi connectivity index (χ1v) is 9.21. The van der Waals surface area contributed by atoms with Crippen LogP contribution in [0, 0.1) is 0 Å². The molecule has 7 heteroatoms. The van der Waals surface area contributed by atoms with Gasteiger partial charge < -0.3 is 15.0 Å². The van der Waals surface area contributed by atoms with E-state index in [-0.39, 0.29) is 11.9 Å². The first-order valence-electron chi connectivity index (χ1n) is 9.21. The smallest absolute Gasteiger partial charge is 0.259 e. The zero-order valence-electron chi connectivity index (χ0n) is 14.9. The maximum atomic E-state index is 12.9. The number of hydrogen-bond donors (Lipinski definition) is 1. The average Bonchev–Trinajstić information content (AvgIpc) is 3.22. The van der Waals surface area contributed by atoms with Gasteiger partial charge in [0.1, 0.15) is 11.4 Å². The van der Waals surface area contributed by atoms with Crippen molar-refractivity contribution in [3.05, 3.63) is 47.2 Å². The maximum Gasteiger partial charge on any atom is 0.259 e. The van der Waals surface area contributed by atoms with Gasteiger partial charge in [0.2, 0.25) is 5.88 Å². The zero-order chi connectivity index (χ0) is 17.9. The molecule has 136 valence electrons. The van der Waals surface area contributed by atoms with Crippen LogP contribution in [0.3, 0.4) is 0 Å². The number of rotatable bonds is 4. The molecule has 4 heterocycles. The highest BCUT2D eigenvalue weighted by Gasteiger charge is 2.27. The van der Waals surface area contributed by atoms with Crippen molar-refractivity contribution in [2.45, 2.75) is 38.8 Å². The van der Waals surface area contributed by atoms with Crippen molar-refractivity contribution in [3.8, 4) is 5.88 Å². The number of hydrogen-bond acceptors (Lipinski definition) is 6. The Morgan fingerprint density at radius 1 is 1.42 bits per heavy atom. The zero-order valence-corrected chi connectivity index (χ0v) is 14.9. The molecule has 2 aliphatic heterocycles. The molecule has 2 aliphatic rings. The molecule has 0 unspecified atom stereocenters. The van der Waals surface area contributed by atoms with Crippen LogP contribution in [0.15, 0.2) is 24.5 Å². The highest BCUT2D eigenvalue weighted by molar-refractivity contribution is 5.96. The van der Waals surface area contributed by atoms with Crippen molar-refractivity contribution in [2.24, 2.45) is 0 Å². The molecule has 7 nitrogen and oxygen atoms in total. The first kappa shape index (κ1) is 16.9. The number of carbonyl (C=O) groups excluding carboxylic acids is 1. The van der Waals surface area contributed by atoms with Gasteiger partial charge in [-0.1, -0.05) is 0 Å². The third-order valence-electron chi connectivity index (χ3n) is 4.89. The number of ether oxygens (including phenoxy) is 1. The highest BCUT2D eigenvalue weighted by Crippen LogP contribution is 2.25. The molecular formula is C19H23N5O2. The fourth-order valence-electron chi connectivity index (χ4n) is 3.55. The van der Waals surface area contributed by atoms with Crippen LogP contribution in [0.5, 0.6) is 5.88 Å². The van der Waals surface area contributed by atoms with Crippen LogP contribution in [-0.4, -0.2) is 45.5 Å². The number of amides is 1. The monoisotopic (exact) mass is 353 g/mol. The summed E-state index contributed by atoms with van der Waals surface area (Å²) in [5, 5.41) is 3.44. The minimum Gasteiger partial charge on any atom is -0.477 e. The fraction of sp³-hybridized carbons (Fsp3) is 0.474. The summed E-state index contributed by atoms with van der Waals surface area (Å²) in [5.41, 5.74) is 2.59. The quantitative estimate of drug-likeness (QED) is 0.904. The van der Waals surface area contributed by atoms with Crippen LogP contribution in [0.2, 0.25) is 0 Å². The lowest BCUT2D eigenvalue weighted by Gasteiger charge is -2.29. The average molecular weight is 353 g/mol. The van der Waals surface area contributed by atoms with Crippen LogP contribution in [0.1, 0.15) is 53.2 Å². The lowest BCUT2D eigenvalue weighted by atomic mass is 10.1. The van der Waals surface area contributed by atoms with Crippen molar-refractivity contribution in [1.29, 1.82) is 0 Å².